The third-order valence-corrected chi connectivity index (χ3v) is 2.59. The van der Waals surface area contributed by atoms with Crippen molar-refractivity contribution < 1.29 is 15.0 Å². The number of aliphatic hydroxyl groups excluding tert-OH is 1. The number of rotatable bonds is 7. The van der Waals surface area contributed by atoms with Crippen LogP contribution in [0.2, 0.25) is 0 Å². The summed E-state index contributed by atoms with van der Waals surface area (Å²) >= 11 is 0. The van der Waals surface area contributed by atoms with Gasteiger partial charge in [-0.3, -0.25) is 4.79 Å². The number of anilines is 1. The minimum Gasteiger partial charge on any atom is -0.480 e. The smallest absolute Gasteiger partial charge is 0.320 e. The van der Waals surface area contributed by atoms with Crippen LogP contribution in [0.1, 0.15) is 11.1 Å². The first kappa shape index (κ1) is 14.4. The van der Waals surface area contributed by atoms with Crippen molar-refractivity contribution in [1.82, 2.24) is 5.32 Å². The highest BCUT2D eigenvalue weighted by Crippen LogP contribution is 2.15. The van der Waals surface area contributed by atoms with Gasteiger partial charge in [-0.25, -0.2) is 0 Å². The second kappa shape index (κ2) is 6.95. The van der Waals surface area contributed by atoms with E-state index >= 15 is 0 Å². The maximum absolute atomic E-state index is 10.7. The van der Waals surface area contributed by atoms with E-state index in [9.17, 15) is 4.79 Å². The zero-order chi connectivity index (χ0) is 13.5. The Morgan fingerprint density at radius 2 is 2.11 bits per heavy atom. The topological polar surface area (TPSA) is 122 Å². The molecule has 0 aliphatic rings. The van der Waals surface area contributed by atoms with Crippen LogP contribution in [0.3, 0.4) is 0 Å². The second-order valence-electron chi connectivity index (χ2n) is 4.08. The van der Waals surface area contributed by atoms with Crippen LogP contribution in [0, 0.1) is 0 Å². The molecule has 1 aromatic rings. The van der Waals surface area contributed by atoms with E-state index in [1.807, 2.05) is 0 Å². The van der Waals surface area contributed by atoms with Crippen LogP contribution in [0.5, 0.6) is 0 Å². The van der Waals surface area contributed by atoms with Crippen LogP contribution in [-0.2, 0) is 17.8 Å². The van der Waals surface area contributed by atoms with E-state index in [-0.39, 0.29) is 13.0 Å². The van der Waals surface area contributed by atoms with Gasteiger partial charge in [0.25, 0.3) is 0 Å². The van der Waals surface area contributed by atoms with Gasteiger partial charge in [0.15, 0.2) is 0 Å². The van der Waals surface area contributed by atoms with E-state index in [1.165, 1.54) is 0 Å². The summed E-state index contributed by atoms with van der Waals surface area (Å²) in [7, 11) is 0. The lowest BCUT2D eigenvalue weighted by atomic mass is 10.00. The summed E-state index contributed by atoms with van der Waals surface area (Å²) in [6.07, 6.45) is 0.256. The second-order valence-corrected chi connectivity index (χ2v) is 4.08. The van der Waals surface area contributed by atoms with Crippen molar-refractivity contribution in [1.29, 1.82) is 0 Å². The van der Waals surface area contributed by atoms with Gasteiger partial charge in [-0.1, -0.05) is 6.07 Å². The lowest BCUT2D eigenvalue weighted by molar-refractivity contribution is -0.138. The fourth-order valence-electron chi connectivity index (χ4n) is 1.64. The van der Waals surface area contributed by atoms with Gasteiger partial charge >= 0.3 is 5.97 Å². The normalized spacial score (nSPS) is 12.3. The number of nitrogens with two attached hydrogens (primary N) is 2. The average molecular weight is 253 g/mol. The summed E-state index contributed by atoms with van der Waals surface area (Å²) in [5.74, 6) is -1.03. The Bertz CT molecular complexity index is 410. The zero-order valence-electron chi connectivity index (χ0n) is 10.1. The van der Waals surface area contributed by atoms with Crippen LogP contribution in [0.4, 0.5) is 5.69 Å². The number of hydrogen-bond acceptors (Lipinski definition) is 5. The molecule has 0 aliphatic heterocycles. The van der Waals surface area contributed by atoms with E-state index < -0.39 is 12.0 Å². The number of nitrogens with one attached hydrogen (secondary N) is 1. The molecular weight excluding hydrogens is 234 g/mol. The van der Waals surface area contributed by atoms with Crippen molar-refractivity contribution in [2.45, 2.75) is 19.0 Å². The number of nitrogen functional groups attached to an aromatic ring is 1. The SMILES string of the molecule is Nc1ccc(C[C@H](N)C(=O)O)c(CNCCO)c1. The molecule has 0 saturated heterocycles. The molecule has 0 aliphatic carbocycles. The molecule has 18 heavy (non-hydrogen) atoms. The Kier molecular flexibility index (Phi) is 5.57. The molecule has 6 heteroatoms. The maximum Gasteiger partial charge on any atom is 0.320 e. The first-order chi connectivity index (χ1) is 8.54. The Morgan fingerprint density at radius 1 is 1.39 bits per heavy atom. The van der Waals surface area contributed by atoms with Gasteiger partial charge < -0.3 is 27.0 Å². The number of carboxylic acids is 1. The maximum atomic E-state index is 10.7. The van der Waals surface area contributed by atoms with E-state index in [0.29, 0.717) is 18.8 Å². The van der Waals surface area contributed by atoms with Gasteiger partial charge in [-0.2, -0.15) is 0 Å². The molecule has 0 spiro atoms. The third kappa shape index (κ3) is 4.33. The van der Waals surface area contributed by atoms with Gasteiger partial charge in [-0.05, 0) is 29.7 Å². The van der Waals surface area contributed by atoms with Gasteiger partial charge in [0.05, 0.1) is 6.61 Å². The van der Waals surface area contributed by atoms with Gasteiger partial charge in [0, 0.05) is 18.8 Å². The van der Waals surface area contributed by atoms with Crippen LogP contribution < -0.4 is 16.8 Å². The minimum absolute atomic E-state index is 0.0479. The molecule has 0 unspecified atom stereocenters. The summed E-state index contributed by atoms with van der Waals surface area (Å²) in [6, 6.07) is 4.37. The summed E-state index contributed by atoms with van der Waals surface area (Å²) < 4.78 is 0. The van der Waals surface area contributed by atoms with Crippen molar-refractivity contribution in [3.8, 4) is 0 Å². The minimum atomic E-state index is -1.03. The third-order valence-electron chi connectivity index (χ3n) is 2.59. The highest BCUT2D eigenvalue weighted by atomic mass is 16.4. The molecule has 1 rings (SSSR count). The molecule has 0 heterocycles. The molecule has 1 atom stereocenters. The van der Waals surface area contributed by atoms with Crippen molar-refractivity contribution in [3.63, 3.8) is 0 Å². The summed E-state index contributed by atoms with van der Waals surface area (Å²) in [4.78, 5) is 10.7. The highest BCUT2D eigenvalue weighted by molar-refractivity contribution is 5.73. The van der Waals surface area contributed by atoms with Crippen LogP contribution in [0.15, 0.2) is 18.2 Å². The summed E-state index contributed by atoms with van der Waals surface area (Å²) in [5, 5.41) is 20.5. The largest absolute Gasteiger partial charge is 0.480 e. The van der Waals surface area contributed by atoms with E-state index in [1.54, 1.807) is 18.2 Å². The van der Waals surface area contributed by atoms with Crippen LogP contribution >= 0.6 is 0 Å². The van der Waals surface area contributed by atoms with E-state index in [4.69, 9.17) is 21.7 Å². The molecule has 7 N–H and O–H groups in total. The number of carbonyl (C=O) groups is 1. The van der Waals surface area contributed by atoms with E-state index in [2.05, 4.69) is 5.32 Å². The molecule has 1 aromatic carbocycles. The Balaban J connectivity index is 2.78. The molecular formula is C12H19N3O3. The van der Waals surface area contributed by atoms with Crippen molar-refractivity contribution in [2.24, 2.45) is 5.73 Å². The molecule has 0 fully saturated rings. The van der Waals surface area contributed by atoms with Gasteiger partial charge in [0.1, 0.15) is 6.04 Å². The fraction of sp³-hybridized carbons (Fsp3) is 0.417. The van der Waals surface area contributed by atoms with Gasteiger partial charge in [-0.15, -0.1) is 0 Å². The first-order valence-corrected chi connectivity index (χ1v) is 5.72. The number of benzene rings is 1. The summed E-state index contributed by atoms with van der Waals surface area (Å²) in [6.45, 7) is 1.04. The molecule has 6 nitrogen and oxygen atoms in total. The molecule has 0 radical (unpaired) electrons. The van der Waals surface area contributed by atoms with Crippen LogP contribution in [0.25, 0.3) is 0 Å². The van der Waals surface area contributed by atoms with Gasteiger partial charge in [0.2, 0.25) is 0 Å². The van der Waals surface area contributed by atoms with Crippen molar-refractivity contribution in [2.75, 3.05) is 18.9 Å². The number of carboxylic acid groups (broad SMARTS) is 1. The van der Waals surface area contributed by atoms with E-state index in [0.717, 1.165) is 11.1 Å². The number of aliphatic hydroxyl groups is 1. The van der Waals surface area contributed by atoms with Crippen molar-refractivity contribution in [3.05, 3.63) is 29.3 Å². The fourth-order valence-corrected chi connectivity index (χ4v) is 1.64. The first-order valence-electron chi connectivity index (χ1n) is 5.72. The standard InChI is InChI=1S/C12H19N3O3/c13-10-2-1-8(6-11(14)12(17)18)9(5-10)7-15-3-4-16/h1-2,5,11,15-16H,3-4,6-7,13-14H2,(H,17,18)/t11-/m0/s1. The Hall–Kier alpha value is -1.63. The number of hydrogen-bond donors (Lipinski definition) is 5. The predicted octanol–water partition coefficient (Wildman–Crippen LogP) is -0.695. The Morgan fingerprint density at radius 3 is 2.72 bits per heavy atom. The highest BCUT2D eigenvalue weighted by Gasteiger charge is 2.14. The quantitative estimate of drug-likeness (QED) is 0.324. The lowest BCUT2D eigenvalue weighted by Crippen LogP contribution is -2.32. The molecule has 0 aromatic heterocycles. The Labute approximate surface area is 106 Å². The lowest BCUT2D eigenvalue weighted by Gasteiger charge is -2.13. The van der Waals surface area contributed by atoms with Crippen LogP contribution in [-0.4, -0.2) is 35.4 Å². The predicted molar refractivity (Wildman–Crippen MR) is 69.0 cm³/mol. The molecule has 0 bridgehead atoms. The molecule has 0 saturated carbocycles. The average Bonchev–Trinajstić information content (AvgIpc) is 2.32. The molecule has 100 valence electrons. The molecule has 0 amide bonds. The summed E-state index contributed by atoms with van der Waals surface area (Å²) in [5.41, 5.74) is 13.6. The zero-order valence-corrected chi connectivity index (χ0v) is 10.1. The van der Waals surface area contributed by atoms with Crippen molar-refractivity contribution >= 4 is 11.7 Å². The number of aliphatic carboxylic acids is 1. The monoisotopic (exact) mass is 253 g/mol.